The second kappa shape index (κ2) is 8.31. The van der Waals surface area contributed by atoms with E-state index in [4.69, 9.17) is 0 Å². The lowest BCUT2D eigenvalue weighted by molar-refractivity contribution is 0.823. The smallest absolute Gasteiger partial charge is 0.0429 e. The van der Waals surface area contributed by atoms with Crippen LogP contribution in [0.15, 0.2) is 48.7 Å². The molecule has 1 aromatic heterocycles. The molecule has 0 atom stereocenters. The maximum Gasteiger partial charge on any atom is 0.0429 e. The number of hydrogen-bond donors (Lipinski definition) is 0. The SMILES string of the molecule is C/C=C/c1ccc(-c2ccc(C(C)C)nc2)cc1.CC. The first kappa shape index (κ1) is 16.2. The molecule has 0 saturated heterocycles. The van der Waals surface area contributed by atoms with Crippen LogP contribution in [0.3, 0.4) is 0 Å². The third-order valence-corrected chi connectivity index (χ3v) is 2.98. The van der Waals surface area contributed by atoms with Crippen LogP contribution in [0.25, 0.3) is 17.2 Å². The molecule has 1 nitrogen and oxygen atoms in total. The summed E-state index contributed by atoms with van der Waals surface area (Å²) in [5.74, 6) is 0.483. The largest absolute Gasteiger partial charge is 0.260 e. The number of rotatable bonds is 3. The number of nitrogens with zero attached hydrogens (tertiary/aromatic N) is 1. The van der Waals surface area contributed by atoms with Crippen molar-refractivity contribution in [2.24, 2.45) is 0 Å². The molecule has 0 aliphatic heterocycles. The molecular weight excluding hydrogens is 242 g/mol. The predicted molar refractivity (Wildman–Crippen MR) is 89.8 cm³/mol. The van der Waals surface area contributed by atoms with Crippen molar-refractivity contribution in [3.05, 3.63) is 59.9 Å². The number of benzene rings is 1. The Kier molecular flexibility index (Phi) is 6.72. The topological polar surface area (TPSA) is 12.9 Å². The fraction of sp³-hybridized carbons (Fsp3) is 0.316. The molecule has 1 heterocycles. The summed E-state index contributed by atoms with van der Waals surface area (Å²) in [6.07, 6.45) is 6.11. The van der Waals surface area contributed by atoms with Gasteiger partial charge in [-0.05, 0) is 30.0 Å². The first-order valence-electron chi connectivity index (χ1n) is 7.40. The summed E-state index contributed by atoms with van der Waals surface area (Å²) in [6.45, 7) is 10.4. The Balaban J connectivity index is 0.000000956. The maximum absolute atomic E-state index is 4.50. The molecule has 0 unspecified atom stereocenters. The quantitative estimate of drug-likeness (QED) is 0.671. The lowest BCUT2D eigenvalue weighted by Gasteiger charge is -2.06. The van der Waals surface area contributed by atoms with Gasteiger partial charge in [0.05, 0.1) is 0 Å². The summed E-state index contributed by atoms with van der Waals surface area (Å²) < 4.78 is 0. The summed E-state index contributed by atoms with van der Waals surface area (Å²) in [6, 6.07) is 12.8. The molecule has 1 heteroatoms. The van der Waals surface area contributed by atoms with Gasteiger partial charge in [0.15, 0.2) is 0 Å². The van der Waals surface area contributed by atoms with Crippen LogP contribution in [0, 0.1) is 0 Å². The molecule has 0 fully saturated rings. The van der Waals surface area contributed by atoms with Crippen LogP contribution >= 0.6 is 0 Å². The zero-order chi connectivity index (χ0) is 15.0. The molecule has 2 rings (SSSR count). The minimum Gasteiger partial charge on any atom is -0.260 e. The Bertz CT molecular complexity index is 519. The number of allylic oxidation sites excluding steroid dienone is 1. The van der Waals surface area contributed by atoms with E-state index in [-0.39, 0.29) is 0 Å². The van der Waals surface area contributed by atoms with E-state index in [2.05, 4.69) is 61.3 Å². The first-order valence-corrected chi connectivity index (χ1v) is 7.40. The van der Waals surface area contributed by atoms with Gasteiger partial charge >= 0.3 is 0 Å². The number of pyridine rings is 1. The molecule has 0 bridgehead atoms. The Morgan fingerprint density at radius 1 is 0.900 bits per heavy atom. The van der Waals surface area contributed by atoms with Crippen molar-refractivity contribution in [2.45, 2.75) is 40.5 Å². The molecule has 106 valence electrons. The maximum atomic E-state index is 4.50. The monoisotopic (exact) mass is 267 g/mol. The summed E-state index contributed by atoms with van der Waals surface area (Å²) in [4.78, 5) is 4.50. The van der Waals surface area contributed by atoms with Crippen molar-refractivity contribution < 1.29 is 0 Å². The number of hydrogen-bond acceptors (Lipinski definition) is 1. The Morgan fingerprint density at radius 2 is 1.50 bits per heavy atom. The van der Waals surface area contributed by atoms with Crippen molar-refractivity contribution in [1.82, 2.24) is 4.98 Å². The predicted octanol–water partition coefficient (Wildman–Crippen LogP) is 5.93. The fourth-order valence-electron chi connectivity index (χ4n) is 1.90. The number of aromatic nitrogens is 1. The third-order valence-electron chi connectivity index (χ3n) is 2.98. The molecule has 1 aromatic carbocycles. The van der Waals surface area contributed by atoms with Gasteiger partial charge in [0, 0.05) is 17.5 Å². The molecule has 20 heavy (non-hydrogen) atoms. The van der Waals surface area contributed by atoms with Crippen LogP contribution < -0.4 is 0 Å². The standard InChI is InChI=1S/C17H19N.C2H6/c1-4-5-14-6-8-15(9-7-14)16-10-11-17(13(2)3)18-12-16;1-2/h4-13H,1-3H3;1-2H3/b5-4+;. The Hall–Kier alpha value is -1.89. The van der Waals surface area contributed by atoms with Crippen molar-refractivity contribution in [3.63, 3.8) is 0 Å². The van der Waals surface area contributed by atoms with Crippen LogP contribution in [0.5, 0.6) is 0 Å². The minimum absolute atomic E-state index is 0.483. The molecule has 0 aliphatic rings. The third kappa shape index (κ3) is 4.34. The van der Waals surface area contributed by atoms with E-state index in [1.165, 1.54) is 16.7 Å². The molecule has 2 aromatic rings. The van der Waals surface area contributed by atoms with Crippen LogP contribution in [0.2, 0.25) is 0 Å². The average molecular weight is 267 g/mol. The minimum atomic E-state index is 0.483. The van der Waals surface area contributed by atoms with Crippen LogP contribution in [-0.2, 0) is 0 Å². The molecule has 0 N–H and O–H groups in total. The summed E-state index contributed by atoms with van der Waals surface area (Å²) in [5, 5.41) is 0. The molecule has 0 aliphatic carbocycles. The fourth-order valence-corrected chi connectivity index (χ4v) is 1.90. The van der Waals surface area contributed by atoms with Crippen molar-refractivity contribution >= 4 is 6.08 Å². The highest BCUT2D eigenvalue weighted by Gasteiger charge is 2.02. The lowest BCUT2D eigenvalue weighted by atomic mass is 10.0. The van der Waals surface area contributed by atoms with Gasteiger partial charge in [-0.2, -0.15) is 0 Å². The highest BCUT2D eigenvalue weighted by Crippen LogP contribution is 2.21. The van der Waals surface area contributed by atoms with Crippen molar-refractivity contribution in [3.8, 4) is 11.1 Å². The highest BCUT2D eigenvalue weighted by atomic mass is 14.7. The van der Waals surface area contributed by atoms with E-state index in [0.29, 0.717) is 5.92 Å². The van der Waals surface area contributed by atoms with Gasteiger partial charge in [0.1, 0.15) is 0 Å². The van der Waals surface area contributed by atoms with Gasteiger partial charge in [0.25, 0.3) is 0 Å². The van der Waals surface area contributed by atoms with E-state index in [1.54, 1.807) is 0 Å². The van der Waals surface area contributed by atoms with Gasteiger partial charge in [-0.15, -0.1) is 0 Å². The van der Waals surface area contributed by atoms with Gasteiger partial charge in [-0.1, -0.05) is 70.2 Å². The highest BCUT2D eigenvalue weighted by molar-refractivity contribution is 5.64. The van der Waals surface area contributed by atoms with Gasteiger partial charge < -0.3 is 0 Å². The first-order chi connectivity index (χ1) is 9.70. The van der Waals surface area contributed by atoms with Crippen molar-refractivity contribution in [1.29, 1.82) is 0 Å². The van der Waals surface area contributed by atoms with E-state index in [1.807, 2.05) is 33.0 Å². The normalized spacial score (nSPS) is 10.5. The summed E-state index contributed by atoms with van der Waals surface area (Å²) >= 11 is 0. The zero-order valence-corrected chi connectivity index (χ0v) is 13.2. The Labute approximate surface area is 123 Å². The average Bonchev–Trinajstić information content (AvgIpc) is 2.50. The van der Waals surface area contributed by atoms with Gasteiger partial charge in [-0.3, -0.25) is 4.98 Å². The zero-order valence-electron chi connectivity index (χ0n) is 13.2. The van der Waals surface area contributed by atoms with Crippen molar-refractivity contribution in [2.75, 3.05) is 0 Å². The summed E-state index contributed by atoms with van der Waals surface area (Å²) in [5.41, 5.74) is 4.76. The van der Waals surface area contributed by atoms with Crippen LogP contribution in [0.1, 0.15) is 51.8 Å². The van der Waals surface area contributed by atoms with Crippen LogP contribution in [-0.4, -0.2) is 4.98 Å². The van der Waals surface area contributed by atoms with Gasteiger partial charge in [-0.25, -0.2) is 0 Å². The second-order valence-corrected chi connectivity index (χ2v) is 4.75. The molecule has 0 saturated carbocycles. The molecule has 0 radical (unpaired) electrons. The van der Waals surface area contributed by atoms with E-state index < -0.39 is 0 Å². The molecular formula is C19H25N. The van der Waals surface area contributed by atoms with Gasteiger partial charge in [0.2, 0.25) is 0 Å². The lowest BCUT2D eigenvalue weighted by Crippen LogP contribution is -1.91. The molecule has 0 amide bonds. The van der Waals surface area contributed by atoms with E-state index in [9.17, 15) is 0 Å². The van der Waals surface area contributed by atoms with Crippen LogP contribution in [0.4, 0.5) is 0 Å². The summed E-state index contributed by atoms with van der Waals surface area (Å²) in [7, 11) is 0. The Morgan fingerprint density at radius 3 is 1.95 bits per heavy atom. The second-order valence-electron chi connectivity index (χ2n) is 4.75. The molecule has 0 spiro atoms. The van der Waals surface area contributed by atoms with E-state index >= 15 is 0 Å². The van der Waals surface area contributed by atoms with E-state index in [0.717, 1.165) is 5.69 Å².